The van der Waals surface area contributed by atoms with Crippen LogP contribution in [-0.4, -0.2) is 55.1 Å². The van der Waals surface area contributed by atoms with E-state index in [-0.39, 0.29) is 18.2 Å². The Morgan fingerprint density at radius 3 is 2.62 bits per heavy atom. The highest BCUT2D eigenvalue weighted by Gasteiger charge is 2.26. The third kappa shape index (κ3) is 4.39. The van der Waals surface area contributed by atoms with Crippen molar-refractivity contribution in [2.24, 2.45) is 0 Å². The highest BCUT2D eigenvalue weighted by molar-refractivity contribution is 9.10. The average molecular weight is 379 g/mol. The third-order valence-corrected chi connectivity index (χ3v) is 4.86. The van der Waals surface area contributed by atoms with E-state index >= 15 is 0 Å². The lowest BCUT2D eigenvalue weighted by Gasteiger charge is -2.37. The van der Waals surface area contributed by atoms with E-state index in [0.29, 0.717) is 6.04 Å². The van der Waals surface area contributed by atoms with Crippen LogP contribution in [0.4, 0.5) is 4.39 Å². The van der Waals surface area contributed by atoms with Gasteiger partial charge in [-0.15, -0.1) is 12.4 Å². The maximum absolute atomic E-state index is 13.9. The Bertz CT molecular complexity index is 460. The van der Waals surface area contributed by atoms with E-state index in [1.807, 2.05) is 12.1 Å². The van der Waals surface area contributed by atoms with Crippen LogP contribution in [0.25, 0.3) is 0 Å². The molecule has 0 amide bonds. The van der Waals surface area contributed by atoms with Crippen molar-refractivity contribution in [1.29, 1.82) is 0 Å². The number of nitrogens with one attached hydrogen (secondary N) is 1. The van der Waals surface area contributed by atoms with Crippen molar-refractivity contribution < 1.29 is 4.39 Å². The zero-order valence-electron chi connectivity index (χ0n) is 12.0. The summed E-state index contributed by atoms with van der Waals surface area (Å²) in [4.78, 5) is 4.93. The monoisotopic (exact) mass is 377 g/mol. The molecule has 0 aromatic heterocycles. The summed E-state index contributed by atoms with van der Waals surface area (Å²) >= 11 is 3.30. The van der Waals surface area contributed by atoms with Crippen molar-refractivity contribution in [3.8, 4) is 0 Å². The average Bonchev–Trinajstić information content (AvgIpc) is 2.97. The molecule has 118 valence electrons. The molecule has 0 spiro atoms. The lowest BCUT2D eigenvalue weighted by molar-refractivity contribution is 0.0974. The Kier molecular flexibility index (Phi) is 6.44. The van der Waals surface area contributed by atoms with Gasteiger partial charge in [-0.1, -0.05) is 22.0 Å². The molecule has 0 saturated carbocycles. The molecule has 21 heavy (non-hydrogen) atoms. The molecule has 1 unspecified atom stereocenters. The van der Waals surface area contributed by atoms with Gasteiger partial charge in [0.2, 0.25) is 0 Å². The normalized spacial score (nSPS) is 24.0. The van der Waals surface area contributed by atoms with E-state index in [1.165, 1.54) is 6.42 Å². The second kappa shape index (κ2) is 7.88. The molecule has 0 radical (unpaired) electrons. The smallest absolute Gasteiger partial charge is 0.128 e. The third-order valence-electron chi connectivity index (χ3n) is 4.37. The number of rotatable bonds is 3. The Morgan fingerprint density at radius 2 is 2.00 bits per heavy atom. The van der Waals surface area contributed by atoms with Crippen LogP contribution in [0.15, 0.2) is 22.7 Å². The van der Waals surface area contributed by atoms with Gasteiger partial charge >= 0.3 is 0 Å². The second-order valence-electron chi connectivity index (χ2n) is 5.69. The van der Waals surface area contributed by atoms with E-state index in [1.54, 1.807) is 6.07 Å². The number of hydrogen-bond acceptors (Lipinski definition) is 3. The van der Waals surface area contributed by atoms with Gasteiger partial charge in [-0.3, -0.25) is 9.80 Å². The molecule has 2 heterocycles. The van der Waals surface area contributed by atoms with E-state index in [4.69, 9.17) is 0 Å². The molecule has 1 atom stereocenters. The minimum atomic E-state index is -0.109. The van der Waals surface area contributed by atoms with Crippen LogP contribution in [0.1, 0.15) is 12.0 Å². The Balaban J connectivity index is 0.00000161. The van der Waals surface area contributed by atoms with Crippen LogP contribution in [0.2, 0.25) is 0 Å². The molecule has 2 aliphatic rings. The molecule has 1 aromatic carbocycles. The van der Waals surface area contributed by atoms with Crippen molar-refractivity contribution in [2.75, 3.05) is 39.3 Å². The molecule has 2 saturated heterocycles. The lowest BCUT2D eigenvalue weighted by Crippen LogP contribution is -2.50. The van der Waals surface area contributed by atoms with Crippen LogP contribution in [0.3, 0.4) is 0 Å². The summed E-state index contributed by atoms with van der Waals surface area (Å²) < 4.78 is 14.7. The maximum atomic E-state index is 13.9. The molecular weight excluding hydrogens is 357 g/mol. The quantitative estimate of drug-likeness (QED) is 0.872. The molecule has 1 aromatic rings. The first-order valence-electron chi connectivity index (χ1n) is 7.33. The van der Waals surface area contributed by atoms with E-state index in [9.17, 15) is 4.39 Å². The van der Waals surface area contributed by atoms with Crippen LogP contribution in [-0.2, 0) is 6.54 Å². The molecule has 3 rings (SSSR count). The second-order valence-corrected chi connectivity index (χ2v) is 6.61. The van der Waals surface area contributed by atoms with E-state index < -0.39 is 0 Å². The summed E-state index contributed by atoms with van der Waals surface area (Å²) in [5.41, 5.74) is 0.796. The maximum Gasteiger partial charge on any atom is 0.128 e. The summed E-state index contributed by atoms with van der Waals surface area (Å²) in [6, 6.07) is 6.06. The minimum Gasteiger partial charge on any atom is -0.315 e. The highest BCUT2D eigenvalue weighted by atomic mass is 79.9. The summed E-state index contributed by atoms with van der Waals surface area (Å²) in [6.07, 6.45) is 1.27. The zero-order chi connectivity index (χ0) is 13.9. The molecule has 2 aliphatic heterocycles. The molecule has 0 bridgehead atoms. The van der Waals surface area contributed by atoms with Crippen LogP contribution in [0, 0.1) is 5.82 Å². The van der Waals surface area contributed by atoms with Crippen molar-refractivity contribution in [3.63, 3.8) is 0 Å². The van der Waals surface area contributed by atoms with Gasteiger partial charge in [0, 0.05) is 55.3 Å². The fourth-order valence-electron chi connectivity index (χ4n) is 3.13. The summed E-state index contributed by atoms with van der Waals surface area (Å²) in [5.74, 6) is -0.109. The molecule has 1 N–H and O–H groups in total. The minimum absolute atomic E-state index is 0. The van der Waals surface area contributed by atoms with Gasteiger partial charge in [-0.2, -0.15) is 0 Å². The largest absolute Gasteiger partial charge is 0.315 e. The molecular formula is C15H22BrClFN3. The fraction of sp³-hybridized carbons (Fsp3) is 0.600. The van der Waals surface area contributed by atoms with Gasteiger partial charge in [-0.25, -0.2) is 4.39 Å². The first-order valence-corrected chi connectivity index (χ1v) is 8.13. The molecule has 2 fully saturated rings. The van der Waals surface area contributed by atoms with Crippen LogP contribution >= 0.6 is 28.3 Å². The van der Waals surface area contributed by atoms with Gasteiger partial charge < -0.3 is 5.32 Å². The van der Waals surface area contributed by atoms with Gasteiger partial charge in [0.05, 0.1) is 0 Å². The standard InChI is InChI=1S/C15H21BrFN3.ClH/c16-13-2-1-12(15(17)9-13)11-19-5-7-20(8-6-19)14-3-4-18-10-14;/h1-2,9,14,18H,3-8,10-11H2;1H. The van der Waals surface area contributed by atoms with E-state index in [2.05, 4.69) is 31.0 Å². The Hall–Kier alpha value is -0.200. The molecule has 3 nitrogen and oxygen atoms in total. The Morgan fingerprint density at radius 1 is 1.24 bits per heavy atom. The number of halogens is 3. The van der Waals surface area contributed by atoms with Crippen LogP contribution < -0.4 is 5.32 Å². The summed E-state index contributed by atoms with van der Waals surface area (Å²) in [5, 5.41) is 3.42. The topological polar surface area (TPSA) is 18.5 Å². The van der Waals surface area contributed by atoms with Gasteiger partial charge in [0.1, 0.15) is 5.82 Å². The first-order chi connectivity index (χ1) is 9.72. The summed E-state index contributed by atoms with van der Waals surface area (Å²) in [7, 11) is 0. The zero-order valence-corrected chi connectivity index (χ0v) is 14.4. The number of benzene rings is 1. The van der Waals surface area contributed by atoms with Crippen molar-refractivity contribution in [1.82, 2.24) is 15.1 Å². The predicted octanol–water partition coefficient (Wildman–Crippen LogP) is 2.49. The lowest BCUT2D eigenvalue weighted by atomic mass is 10.1. The number of piperazine rings is 1. The predicted molar refractivity (Wildman–Crippen MR) is 89.5 cm³/mol. The van der Waals surface area contributed by atoms with Gasteiger partial charge in [0.15, 0.2) is 0 Å². The Labute approximate surface area is 140 Å². The van der Waals surface area contributed by atoms with Gasteiger partial charge in [-0.05, 0) is 25.1 Å². The number of hydrogen-bond donors (Lipinski definition) is 1. The molecule has 6 heteroatoms. The number of nitrogens with zero attached hydrogens (tertiary/aromatic N) is 2. The van der Waals surface area contributed by atoms with Crippen LogP contribution in [0.5, 0.6) is 0 Å². The first kappa shape index (κ1) is 17.2. The highest BCUT2D eigenvalue weighted by Crippen LogP contribution is 2.18. The fourth-order valence-corrected chi connectivity index (χ4v) is 3.46. The molecule has 0 aliphatic carbocycles. The van der Waals surface area contributed by atoms with Crippen molar-refractivity contribution in [3.05, 3.63) is 34.1 Å². The van der Waals surface area contributed by atoms with E-state index in [0.717, 1.165) is 55.8 Å². The van der Waals surface area contributed by atoms with Crippen molar-refractivity contribution in [2.45, 2.75) is 19.0 Å². The SMILES string of the molecule is Cl.Fc1cc(Br)ccc1CN1CCN(C2CCNC2)CC1. The van der Waals surface area contributed by atoms with Gasteiger partial charge in [0.25, 0.3) is 0 Å². The summed E-state index contributed by atoms with van der Waals surface area (Å²) in [6.45, 7) is 7.26. The van der Waals surface area contributed by atoms with Crippen molar-refractivity contribution >= 4 is 28.3 Å².